The van der Waals surface area contributed by atoms with Gasteiger partial charge < -0.3 is 9.64 Å². The SMILES string of the molecule is COc1ccc(CN2C(=O)C(C(=O)c3ccccc3)C[C@H]2Cc2ccc(-c3ccccc3)cc2)cc1. The Balaban J connectivity index is 1.39. The van der Waals surface area contributed by atoms with Crippen LogP contribution in [0.1, 0.15) is 27.9 Å². The first-order chi connectivity index (χ1) is 17.6. The van der Waals surface area contributed by atoms with Gasteiger partial charge in [-0.3, -0.25) is 9.59 Å². The third-order valence-corrected chi connectivity index (χ3v) is 6.95. The highest BCUT2D eigenvalue weighted by atomic mass is 16.5. The summed E-state index contributed by atoms with van der Waals surface area (Å²) >= 11 is 0. The number of amides is 1. The molecule has 0 bridgehead atoms. The Bertz CT molecular complexity index is 1320. The summed E-state index contributed by atoms with van der Waals surface area (Å²) < 4.78 is 5.27. The first-order valence-electron chi connectivity index (χ1n) is 12.3. The highest BCUT2D eigenvalue weighted by Gasteiger charge is 2.43. The van der Waals surface area contributed by atoms with Crippen molar-refractivity contribution >= 4 is 11.7 Å². The summed E-state index contributed by atoms with van der Waals surface area (Å²) in [5.74, 6) is -0.0641. The summed E-state index contributed by atoms with van der Waals surface area (Å²) in [6.45, 7) is 0.466. The molecule has 4 aromatic rings. The number of Topliss-reactive ketones (excluding diaryl/α,β-unsaturated/α-hetero) is 1. The second kappa shape index (κ2) is 10.6. The van der Waals surface area contributed by atoms with E-state index in [4.69, 9.17) is 4.74 Å². The van der Waals surface area contributed by atoms with Crippen LogP contribution in [-0.2, 0) is 17.8 Å². The van der Waals surface area contributed by atoms with E-state index >= 15 is 0 Å². The molecule has 1 fully saturated rings. The van der Waals surface area contributed by atoms with E-state index in [1.165, 1.54) is 5.56 Å². The summed E-state index contributed by atoms with van der Waals surface area (Å²) in [6, 6.07) is 35.6. The van der Waals surface area contributed by atoms with Crippen LogP contribution in [0.25, 0.3) is 11.1 Å². The van der Waals surface area contributed by atoms with Crippen LogP contribution in [0, 0.1) is 5.92 Å². The largest absolute Gasteiger partial charge is 0.497 e. The van der Waals surface area contributed by atoms with Crippen LogP contribution in [0.5, 0.6) is 5.75 Å². The van der Waals surface area contributed by atoms with Crippen molar-refractivity contribution in [2.75, 3.05) is 7.11 Å². The van der Waals surface area contributed by atoms with Crippen LogP contribution < -0.4 is 4.74 Å². The quantitative estimate of drug-likeness (QED) is 0.225. The van der Waals surface area contributed by atoms with E-state index in [1.807, 2.05) is 65.6 Å². The van der Waals surface area contributed by atoms with Crippen LogP contribution in [0.2, 0.25) is 0 Å². The fourth-order valence-corrected chi connectivity index (χ4v) is 4.97. The number of ether oxygens (including phenoxy) is 1. The number of ketones is 1. The Morgan fingerprint density at radius 1 is 0.778 bits per heavy atom. The van der Waals surface area contributed by atoms with Crippen molar-refractivity contribution in [3.05, 3.63) is 126 Å². The molecule has 5 rings (SSSR count). The second-order valence-electron chi connectivity index (χ2n) is 9.25. The number of nitrogens with zero attached hydrogens (tertiary/aromatic N) is 1. The van der Waals surface area contributed by atoms with Crippen LogP contribution >= 0.6 is 0 Å². The number of rotatable bonds is 8. The molecule has 0 saturated carbocycles. The third-order valence-electron chi connectivity index (χ3n) is 6.95. The van der Waals surface area contributed by atoms with Gasteiger partial charge in [0, 0.05) is 18.2 Å². The molecule has 36 heavy (non-hydrogen) atoms. The molecule has 1 saturated heterocycles. The minimum atomic E-state index is -0.653. The molecule has 0 aliphatic carbocycles. The van der Waals surface area contributed by atoms with Gasteiger partial charge in [-0.15, -0.1) is 0 Å². The lowest BCUT2D eigenvalue weighted by Gasteiger charge is -2.25. The molecular weight excluding hydrogens is 446 g/mol. The fourth-order valence-electron chi connectivity index (χ4n) is 4.97. The normalized spacial score (nSPS) is 17.2. The van der Waals surface area contributed by atoms with Gasteiger partial charge in [0.15, 0.2) is 5.78 Å². The van der Waals surface area contributed by atoms with Crippen LogP contribution in [-0.4, -0.2) is 29.7 Å². The zero-order chi connectivity index (χ0) is 24.9. The second-order valence-corrected chi connectivity index (χ2v) is 9.25. The molecule has 0 aromatic heterocycles. The van der Waals surface area contributed by atoms with E-state index in [-0.39, 0.29) is 17.7 Å². The van der Waals surface area contributed by atoms with E-state index in [0.29, 0.717) is 24.9 Å². The van der Waals surface area contributed by atoms with Crippen LogP contribution in [0.4, 0.5) is 0 Å². The molecule has 4 heteroatoms. The van der Waals surface area contributed by atoms with Crippen molar-refractivity contribution < 1.29 is 14.3 Å². The molecule has 0 spiro atoms. The minimum absolute atomic E-state index is 0.0557. The first-order valence-corrected chi connectivity index (χ1v) is 12.3. The molecule has 1 aliphatic heterocycles. The summed E-state index contributed by atoms with van der Waals surface area (Å²) in [4.78, 5) is 28.7. The monoisotopic (exact) mass is 475 g/mol. The number of methoxy groups -OCH3 is 1. The summed E-state index contributed by atoms with van der Waals surface area (Å²) in [5, 5.41) is 0. The number of carbonyl (C=O) groups excluding carboxylic acids is 2. The van der Waals surface area contributed by atoms with Gasteiger partial charge in [-0.05, 0) is 47.2 Å². The molecule has 1 unspecified atom stereocenters. The van der Waals surface area contributed by atoms with Crippen molar-refractivity contribution in [3.63, 3.8) is 0 Å². The molecule has 180 valence electrons. The zero-order valence-electron chi connectivity index (χ0n) is 20.3. The van der Waals surface area contributed by atoms with E-state index in [0.717, 1.165) is 22.4 Å². The van der Waals surface area contributed by atoms with Gasteiger partial charge in [-0.2, -0.15) is 0 Å². The average molecular weight is 476 g/mol. The topological polar surface area (TPSA) is 46.6 Å². The molecule has 0 N–H and O–H groups in total. The van der Waals surface area contributed by atoms with Gasteiger partial charge in [0.2, 0.25) is 5.91 Å². The number of hydrogen-bond donors (Lipinski definition) is 0. The Morgan fingerprint density at radius 3 is 2.00 bits per heavy atom. The van der Waals surface area contributed by atoms with Crippen molar-refractivity contribution in [3.8, 4) is 16.9 Å². The third kappa shape index (κ3) is 5.08. The van der Waals surface area contributed by atoms with Gasteiger partial charge in [-0.25, -0.2) is 0 Å². The van der Waals surface area contributed by atoms with E-state index in [9.17, 15) is 9.59 Å². The minimum Gasteiger partial charge on any atom is -0.497 e. The van der Waals surface area contributed by atoms with E-state index in [1.54, 1.807) is 19.2 Å². The highest BCUT2D eigenvalue weighted by molar-refractivity contribution is 6.11. The van der Waals surface area contributed by atoms with Crippen LogP contribution in [0.15, 0.2) is 109 Å². The van der Waals surface area contributed by atoms with E-state index in [2.05, 4.69) is 36.4 Å². The summed E-state index contributed by atoms with van der Waals surface area (Å²) in [6.07, 6.45) is 1.22. The van der Waals surface area contributed by atoms with Crippen molar-refractivity contribution in [1.82, 2.24) is 4.90 Å². The summed E-state index contributed by atoms with van der Waals surface area (Å²) in [5.41, 5.74) is 5.10. The van der Waals surface area contributed by atoms with Crippen molar-refractivity contribution in [2.24, 2.45) is 5.92 Å². The lowest BCUT2D eigenvalue weighted by atomic mass is 9.92. The Labute approximate surface area is 212 Å². The fraction of sp³-hybridized carbons (Fsp3) is 0.188. The van der Waals surface area contributed by atoms with Gasteiger partial charge >= 0.3 is 0 Å². The molecule has 1 amide bonds. The highest BCUT2D eigenvalue weighted by Crippen LogP contribution is 2.32. The molecule has 4 nitrogen and oxygen atoms in total. The number of likely N-dealkylation sites (tertiary alicyclic amines) is 1. The maximum absolute atomic E-state index is 13.6. The molecule has 4 aromatic carbocycles. The number of hydrogen-bond acceptors (Lipinski definition) is 3. The van der Waals surface area contributed by atoms with Crippen LogP contribution in [0.3, 0.4) is 0 Å². The molecule has 2 atom stereocenters. The first kappa shape index (κ1) is 23.6. The smallest absolute Gasteiger partial charge is 0.234 e. The predicted octanol–water partition coefficient (Wildman–Crippen LogP) is 6.20. The van der Waals surface area contributed by atoms with E-state index < -0.39 is 5.92 Å². The Kier molecular flexibility index (Phi) is 6.94. The number of benzene rings is 4. The maximum atomic E-state index is 13.6. The van der Waals surface area contributed by atoms with Crippen molar-refractivity contribution in [2.45, 2.75) is 25.4 Å². The molecular formula is C32H29NO3. The lowest BCUT2D eigenvalue weighted by molar-refractivity contribution is -0.131. The molecule has 1 aliphatic rings. The number of carbonyl (C=O) groups is 2. The lowest BCUT2D eigenvalue weighted by Crippen LogP contribution is -2.35. The predicted molar refractivity (Wildman–Crippen MR) is 142 cm³/mol. The molecule has 1 heterocycles. The van der Waals surface area contributed by atoms with Gasteiger partial charge in [0.1, 0.15) is 11.7 Å². The maximum Gasteiger partial charge on any atom is 0.234 e. The van der Waals surface area contributed by atoms with Gasteiger partial charge in [0.25, 0.3) is 0 Å². The molecule has 0 radical (unpaired) electrons. The standard InChI is InChI=1S/C32H29NO3/c1-36-29-18-14-24(15-19-29)22-33-28(21-30(32(33)35)31(34)27-10-6-3-7-11-27)20-23-12-16-26(17-13-23)25-8-4-2-5-9-25/h2-19,28,30H,20-22H2,1H3/t28-,30?/m1/s1. The van der Waals surface area contributed by atoms with Gasteiger partial charge in [-0.1, -0.05) is 97.1 Å². The Hall–Kier alpha value is -4.18. The van der Waals surface area contributed by atoms with Crippen molar-refractivity contribution in [1.29, 1.82) is 0 Å². The summed E-state index contributed by atoms with van der Waals surface area (Å²) in [7, 11) is 1.64. The zero-order valence-corrected chi connectivity index (χ0v) is 20.3. The average Bonchev–Trinajstić information content (AvgIpc) is 3.24. The Morgan fingerprint density at radius 2 is 1.36 bits per heavy atom. The van der Waals surface area contributed by atoms with Gasteiger partial charge in [0.05, 0.1) is 7.11 Å².